The average molecular weight is 510 g/mol. The first-order chi connectivity index (χ1) is 18.0. The molecule has 1 N–H and O–H groups in total. The topological polar surface area (TPSA) is 128 Å². The second-order valence-corrected chi connectivity index (χ2v) is 7.57. The van der Waals surface area contributed by atoms with E-state index in [2.05, 4.69) is 20.6 Å². The molecule has 0 aliphatic carbocycles. The molecule has 12 heteroatoms. The molecule has 0 radical (unpaired) electrons. The second-order valence-electron chi connectivity index (χ2n) is 7.57. The first-order valence-electron chi connectivity index (χ1n) is 11.2. The number of hydrogen-bond acceptors (Lipinski definition) is 10. The van der Waals surface area contributed by atoms with Gasteiger partial charge in [-0.2, -0.15) is 4.52 Å². The third-order valence-electron chi connectivity index (χ3n) is 5.25. The first-order valence-corrected chi connectivity index (χ1v) is 11.2. The molecule has 0 bridgehead atoms. The summed E-state index contributed by atoms with van der Waals surface area (Å²) in [6.45, 7) is 0.287. The Morgan fingerprint density at radius 1 is 0.811 bits per heavy atom. The number of fused-ring (bicyclic) bond motifs is 1. The second kappa shape index (κ2) is 11.8. The summed E-state index contributed by atoms with van der Waals surface area (Å²) in [5, 5.41) is 15.6. The normalized spacial score (nSPS) is 10.6. The van der Waals surface area contributed by atoms with Gasteiger partial charge in [0.05, 0.1) is 35.0 Å². The van der Waals surface area contributed by atoms with Crippen LogP contribution in [0.25, 0.3) is 17.0 Å². The van der Waals surface area contributed by atoms with Gasteiger partial charge in [0.15, 0.2) is 29.6 Å². The van der Waals surface area contributed by atoms with E-state index in [1.165, 1.54) is 14.2 Å². The van der Waals surface area contributed by atoms with Crippen LogP contribution in [0.4, 0.5) is 0 Å². The molecule has 37 heavy (non-hydrogen) atoms. The molecule has 2 aromatic heterocycles. The molecule has 0 saturated carbocycles. The molecule has 0 aliphatic heterocycles. The molecular weight excluding hydrogens is 482 g/mol. The minimum absolute atomic E-state index is 0.171. The Bertz CT molecular complexity index is 1350. The maximum Gasteiger partial charge on any atom is 0.258 e. The lowest BCUT2D eigenvalue weighted by molar-refractivity contribution is -0.123. The summed E-state index contributed by atoms with van der Waals surface area (Å²) in [5.41, 5.74) is 1.30. The van der Waals surface area contributed by atoms with Gasteiger partial charge in [0.1, 0.15) is 23.9 Å². The highest BCUT2D eigenvalue weighted by Gasteiger charge is 2.14. The Hall–Kier alpha value is -4.74. The molecule has 194 valence electrons. The van der Waals surface area contributed by atoms with Crippen LogP contribution in [0.3, 0.4) is 0 Å². The smallest absolute Gasteiger partial charge is 0.258 e. The molecule has 0 aliphatic rings. The fourth-order valence-electron chi connectivity index (χ4n) is 3.41. The summed E-state index contributed by atoms with van der Waals surface area (Å²) < 4.78 is 33.9. The van der Waals surface area contributed by atoms with E-state index in [-0.39, 0.29) is 25.7 Å². The Morgan fingerprint density at radius 3 is 2.24 bits per heavy atom. The maximum atomic E-state index is 12.2. The number of carbonyl (C=O) groups is 1. The van der Waals surface area contributed by atoms with E-state index in [1.54, 1.807) is 61.2 Å². The van der Waals surface area contributed by atoms with Crippen molar-refractivity contribution in [2.75, 3.05) is 48.2 Å². The lowest BCUT2D eigenvalue weighted by Gasteiger charge is -2.11. The van der Waals surface area contributed by atoms with Crippen molar-refractivity contribution in [3.63, 3.8) is 0 Å². The van der Waals surface area contributed by atoms with Crippen molar-refractivity contribution < 1.29 is 33.2 Å². The fourth-order valence-corrected chi connectivity index (χ4v) is 3.41. The Morgan fingerprint density at radius 2 is 1.54 bits per heavy atom. The van der Waals surface area contributed by atoms with Gasteiger partial charge in [-0.25, -0.2) is 0 Å². The number of aromatic nitrogens is 4. The van der Waals surface area contributed by atoms with Crippen molar-refractivity contribution in [2.45, 2.75) is 0 Å². The van der Waals surface area contributed by atoms with Gasteiger partial charge in [0, 0.05) is 29.8 Å². The molecule has 12 nitrogen and oxygen atoms in total. The number of nitrogens with one attached hydrogen (secondary N) is 1. The van der Waals surface area contributed by atoms with E-state index >= 15 is 0 Å². The molecule has 0 saturated heterocycles. The lowest BCUT2D eigenvalue weighted by Crippen LogP contribution is -2.32. The van der Waals surface area contributed by atoms with Gasteiger partial charge in [-0.15, -0.1) is 15.3 Å². The highest BCUT2D eigenvalue weighted by atomic mass is 16.5. The van der Waals surface area contributed by atoms with Gasteiger partial charge < -0.3 is 33.7 Å². The molecule has 0 fully saturated rings. The zero-order valence-electron chi connectivity index (χ0n) is 20.9. The van der Waals surface area contributed by atoms with E-state index in [9.17, 15) is 4.79 Å². The number of nitrogens with zero attached hydrogens (tertiary/aromatic N) is 4. The van der Waals surface area contributed by atoms with Crippen LogP contribution in [0.15, 0.2) is 48.5 Å². The lowest BCUT2D eigenvalue weighted by atomic mass is 10.2. The highest BCUT2D eigenvalue weighted by Crippen LogP contribution is 2.32. The summed E-state index contributed by atoms with van der Waals surface area (Å²) in [6.07, 6.45) is 0. The summed E-state index contributed by atoms with van der Waals surface area (Å²) in [4.78, 5) is 12.2. The van der Waals surface area contributed by atoms with Gasteiger partial charge in [-0.3, -0.25) is 4.79 Å². The Balaban J connectivity index is 1.32. The zero-order chi connectivity index (χ0) is 26.2. The number of methoxy groups -OCH3 is 4. The molecule has 0 spiro atoms. The zero-order valence-corrected chi connectivity index (χ0v) is 20.9. The van der Waals surface area contributed by atoms with Crippen LogP contribution < -0.4 is 33.7 Å². The number of benzene rings is 2. The number of carbonyl (C=O) groups excluding carboxylic acids is 1. The predicted molar refractivity (Wildman–Crippen MR) is 133 cm³/mol. The monoisotopic (exact) mass is 509 g/mol. The van der Waals surface area contributed by atoms with E-state index in [4.69, 9.17) is 28.4 Å². The molecule has 0 atom stereocenters. The minimum atomic E-state index is -0.302. The standard InChI is InChI=1S/C25H27N5O7/c1-32-17-12-18(33-2)14-19(13-17)37-15-23(31)26-9-10-36-24-8-7-22-27-28-25(30(22)29-24)16-5-6-20(34-3)21(11-16)35-4/h5-8,11-14H,9-10,15H2,1-4H3,(H,26,31). The van der Waals surface area contributed by atoms with Crippen molar-refractivity contribution >= 4 is 11.6 Å². The molecule has 0 unspecified atom stereocenters. The predicted octanol–water partition coefficient (Wildman–Crippen LogP) is 2.40. The molecule has 4 aromatic rings. The van der Waals surface area contributed by atoms with Gasteiger partial charge in [0.25, 0.3) is 5.91 Å². The van der Waals surface area contributed by atoms with Crippen LogP contribution in [0.1, 0.15) is 0 Å². The summed E-state index contributed by atoms with van der Waals surface area (Å²) >= 11 is 0. The summed E-state index contributed by atoms with van der Waals surface area (Å²) in [5.74, 6) is 3.32. The van der Waals surface area contributed by atoms with Crippen molar-refractivity contribution in [3.05, 3.63) is 48.5 Å². The third-order valence-corrected chi connectivity index (χ3v) is 5.25. The van der Waals surface area contributed by atoms with Crippen molar-refractivity contribution in [3.8, 4) is 46.0 Å². The van der Waals surface area contributed by atoms with Crippen LogP contribution in [0, 0.1) is 0 Å². The molecular formula is C25H27N5O7. The van der Waals surface area contributed by atoms with Gasteiger partial charge in [-0.05, 0) is 24.3 Å². The van der Waals surface area contributed by atoms with Crippen LogP contribution in [0.5, 0.6) is 34.6 Å². The van der Waals surface area contributed by atoms with E-state index in [0.29, 0.717) is 46.1 Å². The highest BCUT2D eigenvalue weighted by molar-refractivity contribution is 5.77. The van der Waals surface area contributed by atoms with Crippen LogP contribution >= 0.6 is 0 Å². The summed E-state index contributed by atoms with van der Waals surface area (Å²) in [6, 6.07) is 13.9. The maximum absolute atomic E-state index is 12.2. The molecule has 4 rings (SSSR count). The minimum Gasteiger partial charge on any atom is -0.496 e. The van der Waals surface area contributed by atoms with E-state index in [0.717, 1.165) is 5.56 Å². The largest absolute Gasteiger partial charge is 0.496 e. The Labute approximate surface area is 213 Å². The first kappa shape index (κ1) is 25.4. The van der Waals surface area contributed by atoms with Gasteiger partial charge in [-0.1, -0.05) is 0 Å². The van der Waals surface area contributed by atoms with Crippen molar-refractivity contribution in [2.24, 2.45) is 0 Å². The summed E-state index contributed by atoms with van der Waals surface area (Å²) in [7, 11) is 6.22. The van der Waals surface area contributed by atoms with Gasteiger partial charge in [0.2, 0.25) is 5.88 Å². The molecule has 2 aromatic carbocycles. The number of ether oxygens (including phenoxy) is 6. The van der Waals surface area contributed by atoms with Crippen molar-refractivity contribution in [1.29, 1.82) is 0 Å². The number of amides is 1. The van der Waals surface area contributed by atoms with Crippen LogP contribution in [0.2, 0.25) is 0 Å². The van der Waals surface area contributed by atoms with E-state index in [1.807, 2.05) is 6.07 Å². The quantitative estimate of drug-likeness (QED) is 0.284. The fraction of sp³-hybridized carbons (Fsp3) is 0.280. The van der Waals surface area contributed by atoms with Crippen LogP contribution in [-0.4, -0.2) is 73.9 Å². The number of hydrogen-bond donors (Lipinski definition) is 1. The average Bonchev–Trinajstić information content (AvgIpc) is 3.36. The van der Waals surface area contributed by atoms with Gasteiger partial charge >= 0.3 is 0 Å². The third kappa shape index (κ3) is 6.10. The Kier molecular flexibility index (Phi) is 8.08. The molecule has 2 heterocycles. The van der Waals surface area contributed by atoms with E-state index < -0.39 is 0 Å². The number of rotatable bonds is 12. The molecule has 1 amide bonds. The van der Waals surface area contributed by atoms with Crippen LogP contribution in [-0.2, 0) is 4.79 Å². The SMILES string of the molecule is COc1cc(OC)cc(OCC(=O)NCCOc2ccc3nnc(-c4ccc(OC)c(OC)c4)n3n2)c1. The van der Waals surface area contributed by atoms with Crippen molar-refractivity contribution in [1.82, 2.24) is 25.1 Å².